The van der Waals surface area contributed by atoms with E-state index in [2.05, 4.69) is 24.5 Å². The van der Waals surface area contributed by atoms with Gasteiger partial charge in [-0.1, -0.05) is 13.8 Å². The summed E-state index contributed by atoms with van der Waals surface area (Å²) in [5.74, 6) is -1.19. The van der Waals surface area contributed by atoms with Crippen molar-refractivity contribution in [1.82, 2.24) is 10.6 Å². The van der Waals surface area contributed by atoms with Gasteiger partial charge >= 0.3 is 0 Å². The van der Waals surface area contributed by atoms with Crippen LogP contribution in [0, 0.1) is 5.92 Å². The van der Waals surface area contributed by atoms with Crippen molar-refractivity contribution in [2.45, 2.75) is 20.3 Å². The second-order valence-electron chi connectivity index (χ2n) is 5.39. The molecule has 0 aliphatic heterocycles. The van der Waals surface area contributed by atoms with Crippen molar-refractivity contribution in [2.75, 3.05) is 19.7 Å². The molecule has 0 spiro atoms. The molecule has 7 nitrogen and oxygen atoms in total. The van der Waals surface area contributed by atoms with Crippen molar-refractivity contribution in [3.63, 3.8) is 0 Å². The number of aliphatic carboxylic acids is 1. The van der Waals surface area contributed by atoms with Crippen molar-refractivity contribution in [3.8, 4) is 5.75 Å². The molecule has 0 saturated heterocycles. The minimum Gasteiger partial charge on any atom is -0.548 e. The van der Waals surface area contributed by atoms with E-state index in [1.165, 1.54) is 0 Å². The summed E-state index contributed by atoms with van der Waals surface area (Å²) >= 11 is 0. The summed E-state index contributed by atoms with van der Waals surface area (Å²) < 4.78 is 5.55. The van der Waals surface area contributed by atoms with Gasteiger partial charge in [-0.25, -0.2) is 0 Å². The highest BCUT2D eigenvalue weighted by atomic mass is 16.5. The molecule has 1 rings (SSSR count). The number of rotatable bonds is 9. The Bertz CT molecular complexity index is 540. The maximum Gasteiger partial charge on any atom is 0.251 e. The van der Waals surface area contributed by atoms with Gasteiger partial charge in [0.1, 0.15) is 5.75 Å². The van der Waals surface area contributed by atoms with Crippen LogP contribution in [0.5, 0.6) is 5.75 Å². The molecule has 0 aliphatic rings. The lowest BCUT2D eigenvalue weighted by atomic mass is 10.1. The first kappa shape index (κ1) is 18.5. The number of carboxylic acids is 1. The Morgan fingerprint density at radius 1 is 1.09 bits per heavy atom. The highest BCUT2D eigenvalue weighted by molar-refractivity contribution is 5.96. The maximum absolute atomic E-state index is 11.8. The summed E-state index contributed by atoms with van der Waals surface area (Å²) in [7, 11) is 0. The van der Waals surface area contributed by atoms with Crippen LogP contribution in [-0.2, 0) is 9.59 Å². The molecule has 0 aliphatic carbocycles. The molecular weight excluding hydrogens is 300 g/mol. The van der Waals surface area contributed by atoms with Crippen LogP contribution in [0.15, 0.2) is 24.3 Å². The van der Waals surface area contributed by atoms with Crippen molar-refractivity contribution < 1.29 is 24.2 Å². The van der Waals surface area contributed by atoms with Crippen LogP contribution in [0.25, 0.3) is 0 Å². The molecule has 0 fully saturated rings. The normalized spacial score (nSPS) is 10.2. The fraction of sp³-hybridized carbons (Fsp3) is 0.438. The number of benzene rings is 1. The van der Waals surface area contributed by atoms with Crippen LogP contribution in [0.4, 0.5) is 0 Å². The molecule has 126 valence electrons. The van der Waals surface area contributed by atoms with Gasteiger partial charge in [0.05, 0.1) is 25.7 Å². The van der Waals surface area contributed by atoms with E-state index in [1.807, 2.05) is 0 Å². The van der Waals surface area contributed by atoms with E-state index in [0.29, 0.717) is 23.8 Å². The average molecular weight is 321 g/mol. The summed E-state index contributed by atoms with van der Waals surface area (Å²) in [6.07, 6.45) is 0.948. The molecule has 23 heavy (non-hydrogen) atoms. The summed E-state index contributed by atoms with van der Waals surface area (Å²) in [5, 5.41) is 14.7. The third kappa shape index (κ3) is 7.85. The largest absolute Gasteiger partial charge is 0.548 e. The van der Waals surface area contributed by atoms with Gasteiger partial charge in [0.25, 0.3) is 5.91 Å². The zero-order chi connectivity index (χ0) is 17.2. The van der Waals surface area contributed by atoms with Gasteiger partial charge in [-0.15, -0.1) is 0 Å². The summed E-state index contributed by atoms with van der Waals surface area (Å²) in [6, 6.07) is 6.56. The van der Waals surface area contributed by atoms with E-state index < -0.39 is 24.3 Å². The Labute approximate surface area is 135 Å². The molecule has 2 amide bonds. The van der Waals surface area contributed by atoms with E-state index in [1.54, 1.807) is 24.3 Å². The van der Waals surface area contributed by atoms with E-state index in [9.17, 15) is 19.5 Å². The molecule has 0 atom stereocenters. The predicted octanol–water partition coefficient (Wildman–Crippen LogP) is -0.293. The third-order valence-corrected chi connectivity index (χ3v) is 2.92. The minimum absolute atomic E-state index is 0.307. The zero-order valence-corrected chi connectivity index (χ0v) is 13.3. The lowest BCUT2D eigenvalue weighted by Crippen LogP contribution is -2.42. The smallest absolute Gasteiger partial charge is 0.251 e. The number of carboxylic acid groups (broad SMARTS) is 1. The van der Waals surface area contributed by atoms with Crippen molar-refractivity contribution in [1.29, 1.82) is 0 Å². The predicted molar refractivity (Wildman–Crippen MR) is 81.7 cm³/mol. The fourth-order valence-electron chi connectivity index (χ4n) is 1.61. The van der Waals surface area contributed by atoms with Crippen LogP contribution in [0.1, 0.15) is 30.6 Å². The number of carbonyl (C=O) groups excluding carboxylic acids is 3. The van der Waals surface area contributed by atoms with Gasteiger partial charge in [0.2, 0.25) is 5.91 Å². The molecule has 0 radical (unpaired) electrons. The van der Waals surface area contributed by atoms with E-state index in [0.717, 1.165) is 6.42 Å². The topological polar surface area (TPSA) is 108 Å². The Hall–Kier alpha value is -2.57. The lowest BCUT2D eigenvalue weighted by molar-refractivity contribution is -0.304. The highest BCUT2D eigenvalue weighted by Crippen LogP contribution is 2.13. The van der Waals surface area contributed by atoms with E-state index in [-0.39, 0.29) is 6.54 Å². The lowest BCUT2D eigenvalue weighted by Gasteiger charge is -2.09. The molecular formula is C16H21N2O5-. The number of ether oxygens (including phenoxy) is 1. The number of nitrogens with one attached hydrogen (secondary N) is 2. The molecule has 0 aromatic heterocycles. The molecule has 0 saturated carbocycles. The van der Waals surface area contributed by atoms with Crippen molar-refractivity contribution >= 4 is 17.8 Å². The first-order valence-electron chi connectivity index (χ1n) is 7.36. The third-order valence-electron chi connectivity index (χ3n) is 2.92. The summed E-state index contributed by atoms with van der Waals surface area (Å²) in [6.45, 7) is 3.94. The van der Waals surface area contributed by atoms with Crippen LogP contribution < -0.4 is 20.5 Å². The van der Waals surface area contributed by atoms with Crippen LogP contribution in [0.3, 0.4) is 0 Å². The molecule has 0 bridgehead atoms. The Morgan fingerprint density at radius 3 is 2.30 bits per heavy atom. The quantitative estimate of drug-likeness (QED) is 0.650. The standard InChI is InChI=1S/C16H22N2O5/c1-11(2)7-8-23-13-5-3-12(4-6-13)16(22)18-9-14(19)17-10-15(20)21/h3-6,11H,7-10H2,1-2H3,(H,17,19)(H,18,22)(H,20,21)/p-1. The Morgan fingerprint density at radius 2 is 1.74 bits per heavy atom. The second-order valence-corrected chi connectivity index (χ2v) is 5.39. The van der Waals surface area contributed by atoms with Crippen LogP contribution in [-0.4, -0.2) is 37.5 Å². The van der Waals surface area contributed by atoms with E-state index in [4.69, 9.17) is 4.74 Å². The first-order valence-corrected chi connectivity index (χ1v) is 7.36. The minimum atomic E-state index is -1.39. The summed E-state index contributed by atoms with van der Waals surface area (Å²) in [5.41, 5.74) is 0.383. The van der Waals surface area contributed by atoms with Crippen LogP contribution >= 0.6 is 0 Å². The van der Waals surface area contributed by atoms with Gasteiger partial charge in [0, 0.05) is 5.56 Å². The highest BCUT2D eigenvalue weighted by Gasteiger charge is 2.08. The van der Waals surface area contributed by atoms with Gasteiger partial charge in [0.15, 0.2) is 0 Å². The molecule has 7 heteroatoms. The number of amides is 2. The molecule has 0 heterocycles. The van der Waals surface area contributed by atoms with Gasteiger partial charge in [-0.3, -0.25) is 9.59 Å². The fourth-order valence-corrected chi connectivity index (χ4v) is 1.61. The SMILES string of the molecule is CC(C)CCOc1ccc(C(=O)NCC(=O)NCC(=O)[O-])cc1. The van der Waals surface area contributed by atoms with Crippen LogP contribution in [0.2, 0.25) is 0 Å². The molecule has 1 aromatic carbocycles. The number of hydrogen-bond acceptors (Lipinski definition) is 5. The average Bonchev–Trinajstić information content (AvgIpc) is 2.51. The van der Waals surface area contributed by atoms with Crippen molar-refractivity contribution in [2.24, 2.45) is 5.92 Å². The van der Waals surface area contributed by atoms with Gasteiger partial charge in [-0.2, -0.15) is 0 Å². The van der Waals surface area contributed by atoms with Crippen molar-refractivity contribution in [3.05, 3.63) is 29.8 Å². The summed E-state index contributed by atoms with van der Waals surface area (Å²) in [4.78, 5) is 33.3. The zero-order valence-electron chi connectivity index (χ0n) is 13.3. The molecule has 2 N–H and O–H groups in total. The molecule has 0 unspecified atom stereocenters. The second kappa shape index (κ2) is 9.45. The Balaban J connectivity index is 2.39. The maximum atomic E-state index is 11.8. The molecule has 1 aromatic rings. The van der Waals surface area contributed by atoms with E-state index >= 15 is 0 Å². The number of carbonyl (C=O) groups is 3. The monoisotopic (exact) mass is 321 g/mol. The first-order chi connectivity index (χ1) is 10.9. The Kier molecular flexibility index (Phi) is 7.59. The van der Waals surface area contributed by atoms with Gasteiger partial charge in [-0.05, 0) is 36.6 Å². The van der Waals surface area contributed by atoms with Gasteiger partial charge < -0.3 is 25.3 Å². The number of hydrogen-bond donors (Lipinski definition) is 2.